The van der Waals surface area contributed by atoms with Crippen LogP contribution >= 0.6 is 11.6 Å². The van der Waals surface area contributed by atoms with Crippen LogP contribution in [0.15, 0.2) is 36.7 Å². The molecule has 1 aromatic heterocycles. The monoisotopic (exact) mass is 346 g/mol. The fraction of sp³-hybridized carbons (Fsp3) is 0.444. The molecule has 1 aliphatic heterocycles. The van der Waals surface area contributed by atoms with Crippen molar-refractivity contribution < 1.29 is 4.79 Å². The van der Waals surface area contributed by atoms with Gasteiger partial charge in [0.2, 0.25) is 5.91 Å². The lowest BCUT2D eigenvalue weighted by Crippen LogP contribution is -2.36. The fourth-order valence-corrected chi connectivity index (χ4v) is 3.34. The molecular weight excluding hydrogens is 324 g/mol. The lowest BCUT2D eigenvalue weighted by Gasteiger charge is -2.22. The second kappa shape index (κ2) is 7.81. The number of carbonyl (C=O) groups is 1. The third-order valence-electron chi connectivity index (χ3n) is 4.35. The van der Waals surface area contributed by atoms with Crippen LogP contribution < -0.4 is 0 Å². The molecule has 2 aromatic rings. The van der Waals surface area contributed by atoms with Crippen LogP contribution in [0.25, 0.3) is 0 Å². The number of hydrogen-bond donors (Lipinski definition) is 0. The maximum atomic E-state index is 12.6. The fourth-order valence-electron chi connectivity index (χ4n) is 3.12. The summed E-state index contributed by atoms with van der Waals surface area (Å²) in [6.45, 7) is 4.40. The largest absolute Gasteiger partial charge is 0.341 e. The summed E-state index contributed by atoms with van der Waals surface area (Å²) < 4.78 is 1.83. The zero-order valence-electron chi connectivity index (χ0n) is 14.0. The molecule has 0 bridgehead atoms. The second-order valence-corrected chi connectivity index (χ2v) is 6.78. The maximum Gasteiger partial charge on any atom is 0.227 e. The van der Waals surface area contributed by atoms with Gasteiger partial charge in [0.05, 0.1) is 12.6 Å². The predicted octanol–water partition coefficient (Wildman–Crippen LogP) is 2.35. The Hall–Kier alpha value is -1.85. The Morgan fingerprint density at radius 3 is 2.83 bits per heavy atom. The van der Waals surface area contributed by atoms with Crippen LogP contribution in [0.2, 0.25) is 5.02 Å². The Labute approximate surface area is 147 Å². The third kappa shape index (κ3) is 4.58. The lowest BCUT2D eigenvalue weighted by molar-refractivity contribution is -0.130. The molecule has 0 aliphatic carbocycles. The molecule has 0 spiro atoms. The summed E-state index contributed by atoms with van der Waals surface area (Å²) in [6, 6.07) is 7.54. The van der Waals surface area contributed by atoms with E-state index in [1.807, 2.05) is 53.3 Å². The number of hydrogen-bond acceptors (Lipinski definition) is 3. The molecule has 0 saturated carbocycles. The second-order valence-electron chi connectivity index (χ2n) is 6.34. The van der Waals surface area contributed by atoms with Crippen LogP contribution in [0, 0.1) is 0 Å². The molecule has 6 heteroatoms. The van der Waals surface area contributed by atoms with Gasteiger partial charge in [-0.25, -0.2) is 0 Å². The molecule has 1 aliphatic rings. The number of aromatic nitrogens is 2. The van der Waals surface area contributed by atoms with Gasteiger partial charge in [-0.05, 0) is 24.1 Å². The van der Waals surface area contributed by atoms with E-state index in [4.69, 9.17) is 11.6 Å². The van der Waals surface area contributed by atoms with Crippen LogP contribution in [0.3, 0.4) is 0 Å². The molecular formula is C18H23ClN4O. The van der Waals surface area contributed by atoms with E-state index in [9.17, 15) is 4.79 Å². The molecule has 1 amide bonds. The molecule has 1 aromatic carbocycles. The highest BCUT2D eigenvalue weighted by Crippen LogP contribution is 2.13. The summed E-state index contributed by atoms with van der Waals surface area (Å²) in [7, 11) is 1.93. The van der Waals surface area contributed by atoms with Crippen LogP contribution in [0.4, 0.5) is 0 Å². The standard InChI is InChI=1S/C18H23ClN4O/c1-21-13-16(12-20-21)14-22-6-3-7-23(9-8-22)18(24)11-15-4-2-5-17(19)10-15/h2,4-5,10,12-13H,3,6-9,11,14H2,1H3. The number of nitrogens with zero attached hydrogens (tertiary/aromatic N) is 4. The molecule has 1 fully saturated rings. The van der Waals surface area contributed by atoms with Crippen molar-refractivity contribution in [3.8, 4) is 0 Å². The van der Waals surface area contributed by atoms with Crippen molar-refractivity contribution in [1.29, 1.82) is 0 Å². The Bertz CT molecular complexity index is 700. The average molecular weight is 347 g/mol. The summed E-state index contributed by atoms with van der Waals surface area (Å²) in [5.41, 5.74) is 2.19. The number of benzene rings is 1. The molecule has 0 unspecified atom stereocenters. The molecule has 5 nitrogen and oxygen atoms in total. The number of carbonyl (C=O) groups excluding carboxylic acids is 1. The number of halogens is 1. The van der Waals surface area contributed by atoms with Crippen molar-refractivity contribution in [3.63, 3.8) is 0 Å². The van der Waals surface area contributed by atoms with Crippen molar-refractivity contribution in [1.82, 2.24) is 19.6 Å². The third-order valence-corrected chi connectivity index (χ3v) is 4.59. The van der Waals surface area contributed by atoms with E-state index in [-0.39, 0.29) is 5.91 Å². The Kier molecular flexibility index (Phi) is 5.53. The quantitative estimate of drug-likeness (QED) is 0.853. The minimum Gasteiger partial charge on any atom is -0.341 e. The van der Waals surface area contributed by atoms with Crippen molar-refractivity contribution in [3.05, 3.63) is 52.8 Å². The first kappa shape index (κ1) is 17.0. The van der Waals surface area contributed by atoms with Crippen molar-refractivity contribution >= 4 is 17.5 Å². The zero-order chi connectivity index (χ0) is 16.9. The van der Waals surface area contributed by atoms with Gasteiger partial charge in [0.15, 0.2) is 0 Å². The predicted molar refractivity (Wildman–Crippen MR) is 94.8 cm³/mol. The summed E-state index contributed by atoms with van der Waals surface area (Å²) in [6.07, 6.45) is 5.38. The number of amides is 1. The highest BCUT2D eigenvalue weighted by atomic mass is 35.5. The van der Waals surface area contributed by atoms with E-state index in [2.05, 4.69) is 10.00 Å². The highest BCUT2D eigenvalue weighted by Gasteiger charge is 2.19. The summed E-state index contributed by atoms with van der Waals surface area (Å²) >= 11 is 6.00. The Balaban J connectivity index is 1.53. The first-order chi connectivity index (χ1) is 11.6. The van der Waals surface area contributed by atoms with Crippen LogP contribution in [-0.2, 0) is 24.8 Å². The Morgan fingerprint density at radius 1 is 1.21 bits per heavy atom. The summed E-state index contributed by atoms with van der Waals surface area (Å²) in [5, 5.41) is 4.90. The average Bonchev–Trinajstić information content (AvgIpc) is 2.81. The minimum atomic E-state index is 0.181. The molecule has 0 atom stereocenters. The smallest absolute Gasteiger partial charge is 0.227 e. The van der Waals surface area contributed by atoms with Gasteiger partial charge in [0, 0.05) is 56.6 Å². The van der Waals surface area contributed by atoms with Gasteiger partial charge >= 0.3 is 0 Å². The minimum absolute atomic E-state index is 0.181. The van der Waals surface area contributed by atoms with E-state index in [1.54, 1.807) is 0 Å². The summed E-state index contributed by atoms with van der Waals surface area (Å²) in [5.74, 6) is 0.181. The van der Waals surface area contributed by atoms with Gasteiger partial charge in [0.25, 0.3) is 0 Å². The van der Waals surface area contributed by atoms with E-state index in [0.29, 0.717) is 11.4 Å². The maximum absolute atomic E-state index is 12.6. The van der Waals surface area contributed by atoms with Gasteiger partial charge < -0.3 is 4.90 Å². The van der Waals surface area contributed by atoms with Crippen molar-refractivity contribution in [2.45, 2.75) is 19.4 Å². The molecule has 1 saturated heterocycles. The number of aryl methyl sites for hydroxylation is 1. The molecule has 3 rings (SSSR count). The molecule has 24 heavy (non-hydrogen) atoms. The molecule has 2 heterocycles. The zero-order valence-corrected chi connectivity index (χ0v) is 14.7. The topological polar surface area (TPSA) is 41.4 Å². The van der Waals surface area contributed by atoms with E-state index in [1.165, 1.54) is 5.56 Å². The molecule has 128 valence electrons. The van der Waals surface area contributed by atoms with Crippen LogP contribution in [0.1, 0.15) is 17.5 Å². The van der Waals surface area contributed by atoms with Gasteiger partial charge in [-0.2, -0.15) is 5.10 Å². The van der Waals surface area contributed by atoms with Gasteiger partial charge in [-0.1, -0.05) is 23.7 Å². The Morgan fingerprint density at radius 2 is 2.08 bits per heavy atom. The number of rotatable bonds is 4. The normalized spacial score (nSPS) is 16.2. The van der Waals surface area contributed by atoms with Gasteiger partial charge in [-0.15, -0.1) is 0 Å². The first-order valence-corrected chi connectivity index (χ1v) is 8.70. The van der Waals surface area contributed by atoms with Crippen molar-refractivity contribution in [2.24, 2.45) is 7.05 Å². The van der Waals surface area contributed by atoms with Gasteiger partial charge in [0.1, 0.15) is 0 Å². The lowest BCUT2D eigenvalue weighted by atomic mass is 10.1. The van der Waals surface area contributed by atoms with Crippen molar-refractivity contribution in [2.75, 3.05) is 26.2 Å². The van der Waals surface area contributed by atoms with E-state index < -0.39 is 0 Å². The van der Waals surface area contributed by atoms with Gasteiger partial charge in [-0.3, -0.25) is 14.4 Å². The first-order valence-electron chi connectivity index (χ1n) is 8.32. The van der Waals surface area contributed by atoms with Crippen LogP contribution in [0.5, 0.6) is 0 Å². The molecule has 0 radical (unpaired) electrons. The summed E-state index contributed by atoms with van der Waals surface area (Å²) in [4.78, 5) is 16.9. The van der Waals surface area contributed by atoms with E-state index in [0.717, 1.165) is 44.7 Å². The van der Waals surface area contributed by atoms with Crippen LogP contribution in [-0.4, -0.2) is 51.7 Å². The SMILES string of the molecule is Cn1cc(CN2CCCN(C(=O)Cc3cccc(Cl)c3)CC2)cn1. The van der Waals surface area contributed by atoms with E-state index >= 15 is 0 Å². The highest BCUT2D eigenvalue weighted by molar-refractivity contribution is 6.30. The molecule has 0 N–H and O–H groups in total.